The van der Waals surface area contributed by atoms with Gasteiger partial charge in [0.1, 0.15) is 5.78 Å². The summed E-state index contributed by atoms with van der Waals surface area (Å²) in [5.74, 6) is -0.978. The van der Waals surface area contributed by atoms with Gasteiger partial charge >= 0.3 is 5.97 Å². The third-order valence-corrected chi connectivity index (χ3v) is 2.14. The highest BCUT2D eigenvalue weighted by Crippen LogP contribution is 2.35. The molecule has 5 heteroatoms. The number of hydrogen-bond acceptors (Lipinski definition) is 4. The Balaban J connectivity index is 2.64. The van der Waals surface area contributed by atoms with Crippen LogP contribution in [0.25, 0.3) is 0 Å². The Morgan fingerprint density at radius 3 is 2.62 bits per heavy atom. The lowest BCUT2D eigenvalue weighted by molar-refractivity contribution is -0.132. The molecule has 2 unspecified atom stereocenters. The maximum absolute atomic E-state index is 10.4. The molecular formula is C3H6NO3P. The number of carbonyl (C=O) groups is 1. The van der Waals surface area contributed by atoms with Gasteiger partial charge in [-0.1, -0.05) is 0 Å². The highest BCUT2D eigenvalue weighted by molar-refractivity contribution is 7.41. The fourth-order valence-electron chi connectivity index (χ4n) is 0.492. The molecule has 0 aliphatic carbocycles. The van der Waals surface area contributed by atoms with Gasteiger partial charge in [-0.05, 0) is 0 Å². The Bertz CT molecular complexity index is 145. The van der Waals surface area contributed by atoms with Crippen LogP contribution >= 0.6 is 8.03 Å². The van der Waals surface area contributed by atoms with E-state index >= 15 is 0 Å². The lowest BCUT2D eigenvalue weighted by Gasteiger charge is -1.90. The van der Waals surface area contributed by atoms with E-state index in [1.54, 1.807) is 0 Å². The number of rotatable bonds is 0. The van der Waals surface area contributed by atoms with Crippen molar-refractivity contribution in [2.45, 2.75) is 12.2 Å². The molecule has 2 atom stereocenters. The molecule has 1 heterocycles. The van der Waals surface area contributed by atoms with E-state index in [0.29, 0.717) is 0 Å². The fourth-order valence-corrected chi connectivity index (χ4v) is 1.28. The van der Waals surface area contributed by atoms with Gasteiger partial charge in [0, 0.05) is 0 Å². The van der Waals surface area contributed by atoms with Crippen LogP contribution < -0.4 is 5.73 Å². The predicted molar refractivity (Wildman–Crippen MR) is 27.7 cm³/mol. The lowest BCUT2D eigenvalue weighted by atomic mass is 10.4. The zero-order valence-corrected chi connectivity index (χ0v) is 5.09. The number of carbonyl (C=O) groups excluding carboxylic acids is 1. The second-order valence-electron chi connectivity index (χ2n) is 1.60. The molecule has 46 valence electrons. The third-order valence-electron chi connectivity index (χ3n) is 0.904. The van der Waals surface area contributed by atoms with Crippen molar-refractivity contribution < 1.29 is 13.9 Å². The molecule has 0 bridgehead atoms. The first-order chi connectivity index (χ1) is 3.70. The predicted octanol–water partition coefficient (Wildman–Crippen LogP) is -0.307. The molecule has 0 aromatic carbocycles. The highest BCUT2D eigenvalue weighted by atomic mass is 31.1. The normalized spacial score (nSPS) is 37.4. The second-order valence-corrected chi connectivity index (χ2v) is 3.19. The van der Waals surface area contributed by atoms with Crippen LogP contribution in [0.2, 0.25) is 0 Å². The molecule has 1 saturated heterocycles. The van der Waals surface area contributed by atoms with E-state index in [1.165, 1.54) is 0 Å². The van der Waals surface area contributed by atoms with Gasteiger partial charge in [-0.25, -0.2) is 0 Å². The van der Waals surface area contributed by atoms with Crippen LogP contribution in [0.1, 0.15) is 6.42 Å². The Labute approximate surface area is 46.9 Å². The topological polar surface area (TPSA) is 69.4 Å². The average molecular weight is 135 g/mol. The second kappa shape index (κ2) is 1.88. The minimum atomic E-state index is -2.21. The van der Waals surface area contributed by atoms with E-state index < -0.39 is 19.8 Å². The minimum Gasteiger partial charge on any atom is -0.412 e. The summed E-state index contributed by atoms with van der Waals surface area (Å²) < 4.78 is 14.7. The summed E-state index contributed by atoms with van der Waals surface area (Å²) >= 11 is 0. The summed E-state index contributed by atoms with van der Waals surface area (Å²) in [5.41, 5.74) is 5.16. The molecule has 1 fully saturated rings. The summed E-state index contributed by atoms with van der Waals surface area (Å²) in [5, 5.41) is 0. The Hall–Kier alpha value is -0.340. The minimum absolute atomic E-state index is 0.109. The maximum atomic E-state index is 10.4. The van der Waals surface area contributed by atoms with E-state index in [4.69, 9.17) is 5.73 Å². The van der Waals surface area contributed by atoms with E-state index in [1.807, 2.05) is 0 Å². The van der Waals surface area contributed by atoms with Crippen LogP contribution in [-0.2, 0) is 13.9 Å². The van der Waals surface area contributed by atoms with E-state index in [2.05, 4.69) is 4.52 Å². The van der Waals surface area contributed by atoms with Crippen LogP contribution in [0.5, 0.6) is 0 Å². The lowest BCUT2D eigenvalue weighted by Crippen LogP contribution is -2.11. The van der Waals surface area contributed by atoms with Gasteiger partial charge in [-0.2, -0.15) is 0 Å². The number of nitrogens with two attached hydrogens (primary N) is 1. The van der Waals surface area contributed by atoms with Gasteiger partial charge in [0.25, 0.3) is 8.03 Å². The first-order valence-electron chi connectivity index (χ1n) is 2.20. The highest BCUT2D eigenvalue weighted by Gasteiger charge is 2.27. The quantitative estimate of drug-likeness (QED) is 0.462. The molecule has 0 spiro atoms. The summed E-state index contributed by atoms with van der Waals surface area (Å²) in [6.07, 6.45) is 0.109. The first kappa shape index (κ1) is 5.79. The van der Waals surface area contributed by atoms with E-state index in [-0.39, 0.29) is 6.42 Å². The largest absolute Gasteiger partial charge is 0.412 e. The van der Waals surface area contributed by atoms with Gasteiger partial charge in [0.15, 0.2) is 0 Å². The molecule has 1 aliphatic rings. The molecule has 0 aromatic heterocycles. The zero-order chi connectivity index (χ0) is 6.15. The van der Waals surface area contributed by atoms with E-state index in [0.717, 1.165) is 0 Å². The van der Waals surface area contributed by atoms with Crippen LogP contribution in [0.3, 0.4) is 0 Å². The molecule has 0 saturated carbocycles. The molecule has 4 nitrogen and oxygen atoms in total. The zero-order valence-electron chi connectivity index (χ0n) is 4.09. The van der Waals surface area contributed by atoms with Crippen molar-refractivity contribution in [3.63, 3.8) is 0 Å². The smallest absolute Gasteiger partial charge is 0.312 e. The van der Waals surface area contributed by atoms with Crippen molar-refractivity contribution in [1.82, 2.24) is 0 Å². The molecule has 1 aliphatic heterocycles. The van der Waals surface area contributed by atoms with Gasteiger partial charge in [-0.3, -0.25) is 9.36 Å². The Morgan fingerprint density at radius 1 is 1.88 bits per heavy atom. The Morgan fingerprint density at radius 2 is 2.50 bits per heavy atom. The van der Waals surface area contributed by atoms with Crippen LogP contribution in [0.15, 0.2) is 0 Å². The van der Waals surface area contributed by atoms with Crippen molar-refractivity contribution in [3.8, 4) is 0 Å². The fraction of sp³-hybridized carbons (Fsp3) is 0.667. The SMILES string of the molecule is NC1CC(=O)O[PH]1=O. The monoisotopic (exact) mass is 135 g/mol. The summed E-state index contributed by atoms with van der Waals surface area (Å²) in [6, 6.07) is 0. The molecule has 8 heavy (non-hydrogen) atoms. The van der Waals surface area contributed by atoms with Gasteiger partial charge in [-0.15, -0.1) is 0 Å². The van der Waals surface area contributed by atoms with Gasteiger partial charge < -0.3 is 10.3 Å². The molecule has 0 aromatic rings. The summed E-state index contributed by atoms with van der Waals surface area (Å²) in [6.45, 7) is 0. The standard InChI is InChI=1S/C3H6NO3P/c4-2-1-3(5)7-8(2)6/h2,8H,1,4H2. The van der Waals surface area contributed by atoms with Crippen LogP contribution in [0, 0.1) is 0 Å². The molecule has 0 radical (unpaired) electrons. The van der Waals surface area contributed by atoms with Crippen molar-refractivity contribution in [1.29, 1.82) is 0 Å². The van der Waals surface area contributed by atoms with Crippen molar-refractivity contribution in [2.75, 3.05) is 0 Å². The van der Waals surface area contributed by atoms with E-state index in [9.17, 15) is 9.36 Å². The number of hydrogen-bond donors (Lipinski definition) is 1. The van der Waals surface area contributed by atoms with Crippen molar-refractivity contribution >= 4 is 14.0 Å². The molecule has 1 rings (SSSR count). The average Bonchev–Trinajstić information content (AvgIpc) is 1.85. The molecule has 2 N–H and O–H groups in total. The Kier molecular flexibility index (Phi) is 1.36. The molecule has 0 amide bonds. The van der Waals surface area contributed by atoms with Crippen LogP contribution in [0.4, 0.5) is 0 Å². The van der Waals surface area contributed by atoms with Gasteiger partial charge in [0.05, 0.1) is 6.42 Å². The van der Waals surface area contributed by atoms with Gasteiger partial charge in [0.2, 0.25) is 0 Å². The summed E-state index contributed by atoms with van der Waals surface area (Å²) in [4.78, 5) is 10.2. The summed E-state index contributed by atoms with van der Waals surface area (Å²) in [7, 11) is -2.21. The maximum Gasteiger partial charge on any atom is 0.312 e. The van der Waals surface area contributed by atoms with Crippen molar-refractivity contribution in [3.05, 3.63) is 0 Å². The molecular weight excluding hydrogens is 129 g/mol. The van der Waals surface area contributed by atoms with Crippen LogP contribution in [-0.4, -0.2) is 11.8 Å². The third kappa shape index (κ3) is 0.904. The first-order valence-corrected chi connectivity index (χ1v) is 3.59. The van der Waals surface area contributed by atoms with Crippen molar-refractivity contribution in [2.24, 2.45) is 5.73 Å².